The first kappa shape index (κ1) is 12.8. The molecule has 1 atom stereocenters. The standard InChI is InChI=1S/C16H17N3O/c1-11-8-15-13(16(9-11)19-20-2)10-14(17-18-15)12-6-4-3-5-7-12/h3-7,10-11H,8-9H2,1-2H3/t11-/m1/s1. The summed E-state index contributed by atoms with van der Waals surface area (Å²) in [6.45, 7) is 2.20. The van der Waals surface area contributed by atoms with Gasteiger partial charge in [0.2, 0.25) is 0 Å². The van der Waals surface area contributed by atoms with Gasteiger partial charge in [-0.25, -0.2) is 0 Å². The Bertz CT molecular complexity index is 637. The van der Waals surface area contributed by atoms with Crippen LogP contribution in [0.3, 0.4) is 0 Å². The van der Waals surface area contributed by atoms with Gasteiger partial charge >= 0.3 is 0 Å². The Morgan fingerprint density at radius 1 is 1.15 bits per heavy atom. The molecule has 3 rings (SSSR count). The van der Waals surface area contributed by atoms with Gasteiger partial charge in [0.1, 0.15) is 7.11 Å². The topological polar surface area (TPSA) is 47.4 Å². The van der Waals surface area contributed by atoms with E-state index in [0.717, 1.165) is 41.1 Å². The van der Waals surface area contributed by atoms with Crippen LogP contribution in [0, 0.1) is 5.92 Å². The van der Waals surface area contributed by atoms with Crippen molar-refractivity contribution in [3.8, 4) is 11.3 Å². The molecule has 0 saturated carbocycles. The maximum atomic E-state index is 4.97. The highest BCUT2D eigenvalue weighted by Gasteiger charge is 2.23. The SMILES string of the molecule is CON=C1C[C@H](C)Cc2nnc(-c3ccccc3)cc21. The molecular formula is C16H17N3O. The third-order valence-electron chi connectivity index (χ3n) is 3.54. The smallest absolute Gasteiger partial charge is 0.106 e. The van der Waals surface area contributed by atoms with Gasteiger partial charge in [0, 0.05) is 11.1 Å². The summed E-state index contributed by atoms with van der Waals surface area (Å²) in [7, 11) is 1.58. The van der Waals surface area contributed by atoms with Crippen LogP contribution in [0.15, 0.2) is 41.6 Å². The average Bonchev–Trinajstić information content (AvgIpc) is 2.48. The van der Waals surface area contributed by atoms with Crippen molar-refractivity contribution < 1.29 is 4.84 Å². The van der Waals surface area contributed by atoms with Crippen molar-refractivity contribution in [2.45, 2.75) is 19.8 Å². The Labute approximate surface area is 118 Å². The highest BCUT2D eigenvalue weighted by molar-refractivity contribution is 6.02. The molecule has 0 radical (unpaired) electrons. The van der Waals surface area contributed by atoms with Crippen LogP contribution in [0.5, 0.6) is 0 Å². The normalized spacial score (nSPS) is 19.7. The summed E-state index contributed by atoms with van der Waals surface area (Å²) in [5.74, 6) is 0.522. The molecule has 1 aromatic heterocycles. The van der Waals surface area contributed by atoms with Crippen molar-refractivity contribution in [1.29, 1.82) is 0 Å². The van der Waals surface area contributed by atoms with Crippen LogP contribution in [-0.2, 0) is 11.3 Å². The maximum Gasteiger partial charge on any atom is 0.106 e. The van der Waals surface area contributed by atoms with Crippen molar-refractivity contribution in [2.24, 2.45) is 11.1 Å². The third kappa shape index (κ3) is 2.41. The van der Waals surface area contributed by atoms with Crippen LogP contribution in [0.2, 0.25) is 0 Å². The number of rotatable bonds is 2. The Kier molecular flexibility index (Phi) is 3.46. The summed E-state index contributed by atoms with van der Waals surface area (Å²) >= 11 is 0. The highest BCUT2D eigenvalue weighted by atomic mass is 16.6. The van der Waals surface area contributed by atoms with E-state index in [-0.39, 0.29) is 0 Å². The van der Waals surface area contributed by atoms with Gasteiger partial charge in [-0.1, -0.05) is 42.4 Å². The summed E-state index contributed by atoms with van der Waals surface area (Å²) in [5, 5.41) is 12.9. The Morgan fingerprint density at radius 3 is 2.70 bits per heavy atom. The molecule has 1 aromatic carbocycles. The van der Waals surface area contributed by atoms with Crippen LogP contribution in [0.1, 0.15) is 24.6 Å². The van der Waals surface area contributed by atoms with E-state index < -0.39 is 0 Å². The molecule has 0 spiro atoms. The molecule has 20 heavy (non-hydrogen) atoms. The van der Waals surface area contributed by atoms with Gasteiger partial charge < -0.3 is 4.84 Å². The van der Waals surface area contributed by atoms with Crippen molar-refractivity contribution >= 4 is 5.71 Å². The summed E-state index contributed by atoms with van der Waals surface area (Å²) in [6.07, 6.45) is 1.86. The Morgan fingerprint density at radius 2 is 1.95 bits per heavy atom. The fourth-order valence-corrected chi connectivity index (χ4v) is 2.61. The van der Waals surface area contributed by atoms with Crippen LogP contribution in [0.25, 0.3) is 11.3 Å². The molecule has 2 aromatic rings. The largest absolute Gasteiger partial charge is 0.399 e. The molecule has 1 aliphatic rings. The number of nitrogens with zero attached hydrogens (tertiary/aromatic N) is 3. The van der Waals surface area contributed by atoms with Crippen molar-refractivity contribution in [3.05, 3.63) is 47.7 Å². The molecule has 4 heteroatoms. The van der Waals surface area contributed by atoms with Crippen LogP contribution in [0.4, 0.5) is 0 Å². The lowest BCUT2D eigenvalue weighted by atomic mass is 9.86. The first-order valence-electron chi connectivity index (χ1n) is 6.80. The predicted molar refractivity (Wildman–Crippen MR) is 78.5 cm³/mol. The second-order valence-electron chi connectivity index (χ2n) is 5.19. The van der Waals surface area contributed by atoms with E-state index in [1.807, 2.05) is 30.3 Å². The molecule has 0 saturated heterocycles. The molecule has 4 nitrogen and oxygen atoms in total. The van der Waals surface area contributed by atoms with Gasteiger partial charge in [-0.3, -0.25) is 0 Å². The minimum absolute atomic E-state index is 0.522. The lowest BCUT2D eigenvalue weighted by Gasteiger charge is -2.21. The fourth-order valence-electron chi connectivity index (χ4n) is 2.61. The van der Waals surface area contributed by atoms with Gasteiger partial charge in [0.05, 0.1) is 17.1 Å². The van der Waals surface area contributed by atoms with Gasteiger partial charge in [-0.15, -0.1) is 0 Å². The fraction of sp³-hybridized carbons (Fsp3) is 0.312. The Hall–Kier alpha value is -2.23. The van der Waals surface area contributed by atoms with Crippen molar-refractivity contribution in [1.82, 2.24) is 10.2 Å². The molecule has 1 aliphatic carbocycles. The first-order valence-corrected chi connectivity index (χ1v) is 6.80. The summed E-state index contributed by atoms with van der Waals surface area (Å²) in [4.78, 5) is 4.97. The quantitative estimate of drug-likeness (QED) is 0.786. The van der Waals surface area contributed by atoms with Gasteiger partial charge in [0.25, 0.3) is 0 Å². The van der Waals surface area contributed by atoms with Crippen molar-refractivity contribution in [2.75, 3.05) is 7.11 Å². The Balaban J connectivity index is 2.07. The van der Waals surface area contributed by atoms with E-state index in [4.69, 9.17) is 4.84 Å². The molecule has 0 unspecified atom stereocenters. The zero-order valence-electron chi connectivity index (χ0n) is 11.7. The van der Waals surface area contributed by atoms with Gasteiger partial charge in [-0.05, 0) is 24.8 Å². The van der Waals surface area contributed by atoms with E-state index in [1.165, 1.54) is 0 Å². The highest BCUT2D eigenvalue weighted by Crippen LogP contribution is 2.27. The molecule has 102 valence electrons. The van der Waals surface area contributed by atoms with E-state index in [9.17, 15) is 0 Å². The monoisotopic (exact) mass is 267 g/mol. The average molecular weight is 267 g/mol. The molecular weight excluding hydrogens is 250 g/mol. The zero-order valence-corrected chi connectivity index (χ0v) is 11.7. The molecule has 0 bridgehead atoms. The van der Waals surface area contributed by atoms with E-state index >= 15 is 0 Å². The molecule has 0 fully saturated rings. The molecule has 0 amide bonds. The van der Waals surface area contributed by atoms with Crippen LogP contribution in [-0.4, -0.2) is 23.0 Å². The lowest BCUT2D eigenvalue weighted by molar-refractivity contribution is 0.212. The number of benzene rings is 1. The number of hydrogen-bond acceptors (Lipinski definition) is 4. The van der Waals surface area contributed by atoms with E-state index in [2.05, 4.69) is 28.3 Å². The first-order chi connectivity index (χ1) is 9.78. The lowest BCUT2D eigenvalue weighted by Crippen LogP contribution is -2.21. The summed E-state index contributed by atoms with van der Waals surface area (Å²) < 4.78 is 0. The second-order valence-corrected chi connectivity index (χ2v) is 5.19. The zero-order chi connectivity index (χ0) is 13.9. The van der Waals surface area contributed by atoms with E-state index in [0.29, 0.717) is 5.92 Å². The number of fused-ring (bicyclic) bond motifs is 1. The third-order valence-corrected chi connectivity index (χ3v) is 3.54. The molecule has 0 N–H and O–H groups in total. The van der Waals surface area contributed by atoms with Gasteiger partial charge in [-0.2, -0.15) is 10.2 Å². The number of oxime groups is 1. The van der Waals surface area contributed by atoms with Crippen molar-refractivity contribution in [3.63, 3.8) is 0 Å². The second kappa shape index (κ2) is 5.41. The summed E-state index contributed by atoms with van der Waals surface area (Å²) in [5.41, 5.74) is 4.99. The minimum Gasteiger partial charge on any atom is -0.399 e. The maximum absolute atomic E-state index is 4.97. The predicted octanol–water partition coefficient (Wildman–Crippen LogP) is 3.08. The van der Waals surface area contributed by atoms with Gasteiger partial charge in [0.15, 0.2) is 0 Å². The number of aromatic nitrogens is 2. The van der Waals surface area contributed by atoms with Crippen LogP contribution < -0.4 is 0 Å². The molecule has 0 aliphatic heterocycles. The summed E-state index contributed by atoms with van der Waals surface area (Å²) in [6, 6.07) is 12.1. The minimum atomic E-state index is 0.522. The van der Waals surface area contributed by atoms with E-state index in [1.54, 1.807) is 7.11 Å². The van der Waals surface area contributed by atoms with Crippen LogP contribution >= 0.6 is 0 Å². The number of hydrogen-bond donors (Lipinski definition) is 0. The molecule has 1 heterocycles.